The van der Waals surface area contributed by atoms with Crippen LogP contribution < -0.4 is 0 Å². The summed E-state index contributed by atoms with van der Waals surface area (Å²) in [6.45, 7) is 2.69. The smallest absolute Gasteiger partial charge is 0.352 e. The van der Waals surface area contributed by atoms with E-state index in [2.05, 4.69) is 12.0 Å². The van der Waals surface area contributed by atoms with Gasteiger partial charge in [0.05, 0.1) is 0 Å². The number of hydrogen-bond acceptors (Lipinski definition) is 3. The number of carboxylic acids is 1. The van der Waals surface area contributed by atoms with Crippen LogP contribution in [-0.4, -0.2) is 34.2 Å². The van der Waals surface area contributed by atoms with E-state index < -0.39 is 5.97 Å². The van der Waals surface area contributed by atoms with Crippen molar-refractivity contribution in [1.82, 2.24) is 5.01 Å². The summed E-state index contributed by atoms with van der Waals surface area (Å²) in [6, 6.07) is 0. The highest BCUT2D eigenvalue weighted by Crippen LogP contribution is 2.11. The molecule has 0 aromatic carbocycles. The van der Waals surface area contributed by atoms with Crippen molar-refractivity contribution < 1.29 is 14.7 Å². The first-order chi connectivity index (χ1) is 8.15. The van der Waals surface area contributed by atoms with Crippen LogP contribution in [0.5, 0.6) is 0 Å². The molecular formula is C12H20N2O3. The minimum Gasteiger partial charge on any atom is -0.477 e. The van der Waals surface area contributed by atoms with Crippen LogP contribution >= 0.6 is 0 Å². The van der Waals surface area contributed by atoms with Crippen molar-refractivity contribution in [3.05, 3.63) is 0 Å². The maximum Gasteiger partial charge on any atom is 0.352 e. The summed E-state index contributed by atoms with van der Waals surface area (Å²) in [5.74, 6) is -1.08. The normalized spacial score (nSPS) is 15.9. The molecule has 0 saturated heterocycles. The number of carbonyl (C=O) groups excluding carboxylic acids is 1. The van der Waals surface area contributed by atoms with Gasteiger partial charge in [-0.15, -0.1) is 0 Å². The van der Waals surface area contributed by atoms with Crippen LogP contribution in [0.3, 0.4) is 0 Å². The minimum atomic E-state index is -1.02. The lowest BCUT2D eigenvalue weighted by Gasteiger charge is -2.21. The summed E-state index contributed by atoms with van der Waals surface area (Å²) in [5.41, 5.74) is 0.0955. The molecule has 5 nitrogen and oxygen atoms in total. The number of amides is 1. The van der Waals surface area contributed by atoms with Crippen LogP contribution in [0.1, 0.15) is 51.9 Å². The van der Waals surface area contributed by atoms with Gasteiger partial charge in [0.15, 0.2) is 0 Å². The van der Waals surface area contributed by atoms with E-state index in [9.17, 15) is 9.59 Å². The van der Waals surface area contributed by atoms with E-state index in [0.717, 1.165) is 19.3 Å². The van der Waals surface area contributed by atoms with Crippen molar-refractivity contribution in [3.63, 3.8) is 0 Å². The molecule has 1 rings (SSSR count). The van der Waals surface area contributed by atoms with Crippen LogP contribution in [0.2, 0.25) is 0 Å². The van der Waals surface area contributed by atoms with E-state index in [1.807, 2.05) is 0 Å². The number of nitrogens with zero attached hydrogens (tertiary/aromatic N) is 2. The topological polar surface area (TPSA) is 70.0 Å². The van der Waals surface area contributed by atoms with Crippen molar-refractivity contribution in [2.75, 3.05) is 6.54 Å². The molecule has 0 atom stereocenters. The third-order valence-electron chi connectivity index (χ3n) is 2.83. The maximum absolute atomic E-state index is 11.5. The summed E-state index contributed by atoms with van der Waals surface area (Å²) in [7, 11) is 0. The standard InChI is InChI=1S/C12H20N2O3/c1-2-3-4-5-6-9-14-11(15)8-7-10(13-14)12(16)17/h2-9H2,1H3,(H,16,17). The summed E-state index contributed by atoms with van der Waals surface area (Å²) in [4.78, 5) is 22.3. The number of carboxylic acid groups (broad SMARTS) is 1. The molecule has 17 heavy (non-hydrogen) atoms. The Kier molecular flexibility index (Phi) is 5.66. The van der Waals surface area contributed by atoms with Crippen LogP contribution in [0.25, 0.3) is 0 Å². The lowest BCUT2D eigenvalue weighted by Crippen LogP contribution is -2.34. The number of hydrazone groups is 1. The van der Waals surface area contributed by atoms with E-state index in [1.54, 1.807) is 0 Å². The summed E-state index contributed by atoms with van der Waals surface area (Å²) in [6.07, 6.45) is 6.02. The van der Waals surface area contributed by atoms with Crippen LogP contribution in [-0.2, 0) is 9.59 Å². The van der Waals surface area contributed by atoms with Crippen molar-refractivity contribution in [3.8, 4) is 0 Å². The zero-order valence-corrected chi connectivity index (χ0v) is 10.3. The molecule has 0 fully saturated rings. The predicted molar refractivity (Wildman–Crippen MR) is 64.8 cm³/mol. The third-order valence-corrected chi connectivity index (χ3v) is 2.83. The fraction of sp³-hybridized carbons (Fsp3) is 0.750. The minimum absolute atomic E-state index is 0.0644. The van der Waals surface area contributed by atoms with Gasteiger partial charge >= 0.3 is 5.97 Å². The second-order valence-corrected chi connectivity index (χ2v) is 4.28. The Bertz CT molecular complexity index is 313. The third kappa shape index (κ3) is 4.54. The van der Waals surface area contributed by atoms with Gasteiger partial charge in [0.25, 0.3) is 0 Å². The van der Waals surface area contributed by atoms with Gasteiger partial charge in [-0.05, 0) is 6.42 Å². The van der Waals surface area contributed by atoms with Gasteiger partial charge in [0.1, 0.15) is 5.71 Å². The summed E-state index contributed by atoms with van der Waals surface area (Å²) >= 11 is 0. The predicted octanol–water partition coefficient (Wildman–Crippen LogP) is 2.02. The number of hydrogen-bond donors (Lipinski definition) is 1. The van der Waals surface area contributed by atoms with E-state index in [4.69, 9.17) is 5.11 Å². The van der Waals surface area contributed by atoms with Crippen molar-refractivity contribution in [2.45, 2.75) is 51.9 Å². The number of aliphatic carboxylic acids is 1. The molecule has 1 aliphatic heterocycles. The average molecular weight is 240 g/mol. The monoisotopic (exact) mass is 240 g/mol. The van der Waals surface area contributed by atoms with Crippen molar-refractivity contribution in [2.24, 2.45) is 5.10 Å². The Labute approximate surface area is 101 Å². The molecule has 1 heterocycles. The Balaban J connectivity index is 2.37. The molecule has 0 spiro atoms. The Morgan fingerprint density at radius 1 is 1.29 bits per heavy atom. The molecule has 1 aliphatic rings. The molecule has 96 valence electrons. The highest BCUT2D eigenvalue weighted by molar-refractivity contribution is 6.36. The first-order valence-corrected chi connectivity index (χ1v) is 6.26. The molecule has 0 bridgehead atoms. The van der Waals surface area contributed by atoms with Gasteiger partial charge in [-0.1, -0.05) is 32.6 Å². The lowest BCUT2D eigenvalue weighted by atomic mass is 10.1. The van der Waals surface area contributed by atoms with Crippen molar-refractivity contribution >= 4 is 17.6 Å². The van der Waals surface area contributed by atoms with Crippen LogP contribution in [0.15, 0.2) is 5.10 Å². The Hall–Kier alpha value is -1.39. The molecule has 0 radical (unpaired) electrons. The fourth-order valence-corrected chi connectivity index (χ4v) is 1.80. The second kappa shape index (κ2) is 7.04. The molecule has 0 unspecified atom stereocenters. The zero-order valence-electron chi connectivity index (χ0n) is 10.3. The zero-order chi connectivity index (χ0) is 12.7. The fourth-order valence-electron chi connectivity index (χ4n) is 1.80. The SMILES string of the molecule is CCCCCCCN1N=C(C(=O)O)CCC1=O. The first-order valence-electron chi connectivity index (χ1n) is 6.26. The van der Waals surface area contributed by atoms with Gasteiger partial charge in [0.2, 0.25) is 5.91 Å². The second-order valence-electron chi connectivity index (χ2n) is 4.28. The highest BCUT2D eigenvalue weighted by Gasteiger charge is 2.23. The quantitative estimate of drug-likeness (QED) is 0.692. The van der Waals surface area contributed by atoms with Crippen molar-refractivity contribution in [1.29, 1.82) is 0 Å². The van der Waals surface area contributed by atoms with E-state index in [1.165, 1.54) is 17.9 Å². The van der Waals surface area contributed by atoms with E-state index >= 15 is 0 Å². The van der Waals surface area contributed by atoms with E-state index in [-0.39, 0.29) is 24.5 Å². The molecule has 0 aromatic rings. The average Bonchev–Trinajstić information content (AvgIpc) is 2.30. The van der Waals surface area contributed by atoms with Crippen LogP contribution in [0.4, 0.5) is 0 Å². The van der Waals surface area contributed by atoms with Gasteiger partial charge in [-0.25, -0.2) is 9.80 Å². The molecule has 0 saturated carbocycles. The first kappa shape index (κ1) is 13.7. The molecule has 1 N–H and O–H groups in total. The molecule has 0 aliphatic carbocycles. The largest absolute Gasteiger partial charge is 0.477 e. The molecular weight excluding hydrogens is 220 g/mol. The van der Waals surface area contributed by atoms with Gasteiger partial charge in [-0.2, -0.15) is 5.10 Å². The molecule has 5 heteroatoms. The van der Waals surface area contributed by atoms with Gasteiger partial charge in [-0.3, -0.25) is 4.79 Å². The molecule has 0 aromatic heterocycles. The van der Waals surface area contributed by atoms with Gasteiger partial charge in [0, 0.05) is 19.4 Å². The Morgan fingerprint density at radius 3 is 2.65 bits per heavy atom. The number of unbranched alkanes of at least 4 members (excludes halogenated alkanes) is 4. The maximum atomic E-state index is 11.5. The number of rotatable bonds is 7. The number of carbonyl (C=O) groups is 2. The lowest BCUT2D eigenvalue weighted by molar-refractivity contribution is -0.132. The summed E-state index contributed by atoms with van der Waals surface area (Å²) in [5, 5.41) is 14.0. The van der Waals surface area contributed by atoms with E-state index in [0.29, 0.717) is 6.54 Å². The van der Waals surface area contributed by atoms with Crippen LogP contribution in [0, 0.1) is 0 Å². The summed E-state index contributed by atoms with van der Waals surface area (Å²) < 4.78 is 0. The van der Waals surface area contributed by atoms with Gasteiger partial charge < -0.3 is 5.11 Å². The Morgan fingerprint density at radius 2 is 2.00 bits per heavy atom. The molecule has 1 amide bonds. The highest BCUT2D eigenvalue weighted by atomic mass is 16.4.